The highest BCUT2D eigenvalue weighted by molar-refractivity contribution is 7.22. The summed E-state index contributed by atoms with van der Waals surface area (Å²) in [6.07, 6.45) is 3.52. The summed E-state index contributed by atoms with van der Waals surface area (Å²) in [4.78, 5) is 19.0. The van der Waals surface area contributed by atoms with Crippen LogP contribution in [0.5, 0.6) is 5.75 Å². The van der Waals surface area contributed by atoms with Crippen LogP contribution in [0.1, 0.15) is 11.1 Å². The number of benzene rings is 2. The van der Waals surface area contributed by atoms with Crippen LogP contribution in [0, 0.1) is 10.1 Å². The smallest absolute Gasteiger partial charge is 0.270 e. The molecule has 28 heavy (non-hydrogen) atoms. The van der Waals surface area contributed by atoms with Crippen LogP contribution in [0.3, 0.4) is 0 Å². The predicted molar refractivity (Wildman–Crippen MR) is 109 cm³/mol. The molecule has 4 rings (SSSR count). The molecule has 2 aromatic carbocycles. The van der Waals surface area contributed by atoms with Gasteiger partial charge in [0.25, 0.3) is 5.69 Å². The number of nitro benzene ring substituents is 1. The highest BCUT2D eigenvalue weighted by atomic mass is 32.1. The highest BCUT2D eigenvalue weighted by Crippen LogP contribution is 2.29. The second-order valence-corrected chi connectivity index (χ2v) is 7.11. The van der Waals surface area contributed by atoms with Gasteiger partial charge in [-0.3, -0.25) is 15.1 Å². The molecule has 0 aliphatic carbocycles. The van der Waals surface area contributed by atoms with Crippen molar-refractivity contribution in [2.45, 2.75) is 13.2 Å². The summed E-state index contributed by atoms with van der Waals surface area (Å²) in [6, 6.07) is 16.4. The van der Waals surface area contributed by atoms with E-state index < -0.39 is 4.92 Å². The molecule has 7 nitrogen and oxygen atoms in total. The molecule has 0 aliphatic heterocycles. The van der Waals surface area contributed by atoms with Gasteiger partial charge in [0, 0.05) is 36.6 Å². The number of nitrogens with one attached hydrogen (secondary N) is 1. The molecule has 0 spiro atoms. The van der Waals surface area contributed by atoms with Crippen molar-refractivity contribution >= 4 is 32.4 Å². The first-order valence-corrected chi connectivity index (χ1v) is 9.38. The second-order valence-electron chi connectivity index (χ2n) is 6.08. The number of hydrogen-bond donors (Lipinski definition) is 1. The normalized spacial score (nSPS) is 10.7. The van der Waals surface area contributed by atoms with E-state index in [0.29, 0.717) is 13.2 Å². The van der Waals surface area contributed by atoms with Crippen molar-refractivity contribution < 1.29 is 9.66 Å². The Hall–Kier alpha value is -3.52. The minimum Gasteiger partial charge on any atom is -0.489 e. The minimum atomic E-state index is -0.399. The molecule has 2 heterocycles. The van der Waals surface area contributed by atoms with Crippen LogP contribution in [0.4, 0.5) is 10.8 Å². The summed E-state index contributed by atoms with van der Waals surface area (Å²) in [6.45, 7) is 1.08. The largest absolute Gasteiger partial charge is 0.489 e. The highest BCUT2D eigenvalue weighted by Gasteiger charge is 2.10. The van der Waals surface area contributed by atoms with Crippen molar-refractivity contribution in [2.24, 2.45) is 0 Å². The second kappa shape index (κ2) is 8.01. The molecule has 0 aliphatic rings. The Morgan fingerprint density at radius 1 is 1.11 bits per heavy atom. The zero-order valence-corrected chi connectivity index (χ0v) is 15.6. The average Bonchev–Trinajstić information content (AvgIpc) is 3.14. The van der Waals surface area contributed by atoms with Gasteiger partial charge >= 0.3 is 0 Å². The summed E-state index contributed by atoms with van der Waals surface area (Å²) in [5, 5.41) is 14.9. The number of rotatable bonds is 7. The Morgan fingerprint density at radius 3 is 2.71 bits per heavy atom. The summed E-state index contributed by atoms with van der Waals surface area (Å²) in [7, 11) is 0. The number of nitro groups is 1. The Labute approximate surface area is 164 Å². The van der Waals surface area contributed by atoms with Crippen molar-refractivity contribution in [1.29, 1.82) is 0 Å². The molecular formula is C20H16N4O3S. The molecule has 0 saturated heterocycles. The number of aromatic nitrogens is 2. The molecule has 0 amide bonds. The molecule has 0 fully saturated rings. The number of hydrogen-bond acceptors (Lipinski definition) is 7. The molecule has 0 atom stereocenters. The van der Waals surface area contributed by atoms with Gasteiger partial charge in [-0.2, -0.15) is 0 Å². The van der Waals surface area contributed by atoms with E-state index in [1.807, 2.05) is 36.4 Å². The number of nitrogens with zero attached hydrogens (tertiary/aromatic N) is 3. The number of fused-ring (bicyclic) bond motifs is 1. The van der Waals surface area contributed by atoms with Gasteiger partial charge in [0.05, 0.1) is 15.1 Å². The molecule has 1 N–H and O–H groups in total. The van der Waals surface area contributed by atoms with Gasteiger partial charge in [-0.05, 0) is 29.8 Å². The lowest BCUT2D eigenvalue weighted by Gasteiger charge is -2.07. The van der Waals surface area contributed by atoms with E-state index >= 15 is 0 Å². The van der Waals surface area contributed by atoms with Crippen molar-refractivity contribution in [3.63, 3.8) is 0 Å². The predicted octanol–water partition coefficient (Wildman–Crippen LogP) is 4.79. The molecule has 0 saturated carbocycles. The van der Waals surface area contributed by atoms with Crippen LogP contribution >= 0.6 is 11.3 Å². The fourth-order valence-corrected chi connectivity index (χ4v) is 3.53. The quantitative estimate of drug-likeness (QED) is 0.359. The zero-order valence-electron chi connectivity index (χ0n) is 14.7. The molecule has 0 bridgehead atoms. The van der Waals surface area contributed by atoms with Crippen LogP contribution in [0.15, 0.2) is 67.0 Å². The fraction of sp³-hybridized carbons (Fsp3) is 0.100. The van der Waals surface area contributed by atoms with Crippen LogP contribution in [-0.2, 0) is 13.2 Å². The SMILES string of the molecule is O=[N+]([O-])c1ccc2nc(NCc3ccc(OCc4cccnc4)cc3)sc2c1. The molecule has 4 aromatic rings. The third-order valence-electron chi connectivity index (χ3n) is 4.08. The maximum atomic E-state index is 10.9. The van der Waals surface area contributed by atoms with Crippen LogP contribution in [0.25, 0.3) is 10.2 Å². The van der Waals surface area contributed by atoms with Gasteiger partial charge in [-0.15, -0.1) is 0 Å². The monoisotopic (exact) mass is 392 g/mol. The molecule has 2 aromatic heterocycles. The molecule has 140 valence electrons. The van der Waals surface area contributed by atoms with Gasteiger partial charge in [-0.1, -0.05) is 29.5 Å². The number of thiazole rings is 1. The number of pyridine rings is 1. The Morgan fingerprint density at radius 2 is 1.96 bits per heavy atom. The lowest BCUT2D eigenvalue weighted by molar-refractivity contribution is -0.384. The Balaban J connectivity index is 1.35. The van der Waals surface area contributed by atoms with E-state index in [2.05, 4.69) is 15.3 Å². The van der Waals surface area contributed by atoms with Crippen LogP contribution in [-0.4, -0.2) is 14.9 Å². The maximum absolute atomic E-state index is 10.9. The third kappa shape index (κ3) is 4.24. The summed E-state index contributed by atoms with van der Waals surface area (Å²) in [5.74, 6) is 0.792. The van der Waals surface area contributed by atoms with Crippen LogP contribution in [0.2, 0.25) is 0 Å². The Kier molecular flexibility index (Phi) is 5.11. The van der Waals surface area contributed by atoms with Crippen molar-refractivity contribution in [2.75, 3.05) is 5.32 Å². The first-order chi connectivity index (χ1) is 13.7. The zero-order chi connectivity index (χ0) is 19.3. The van der Waals surface area contributed by atoms with E-state index in [0.717, 1.165) is 32.2 Å². The van der Waals surface area contributed by atoms with Crippen molar-refractivity contribution in [1.82, 2.24) is 9.97 Å². The standard InChI is InChI=1S/C20H16N4O3S/c25-24(26)16-5-8-18-19(10-16)28-20(23-18)22-12-14-3-6-17(7-4-14)27-13-15-2-1-9-21-11-15/h1-11H,12-13H2,(H,22,23). The topological polar surface area (TPSA) is 90.2 Å². The summed E-state index contributed by atoms with van der Waals surface area (Å²) < 4.78 is 6.54. The van der Waals surface area contributed by atoms with Gasteiger partial charge in [0.2, 0.25) is 0 Å². The molecule has 0 radical (unpaired) electrons. The maximum Gasteiger partial charge on any atom is 0.270 e. The minimum absolute atomic E-state index is 0.0737. The third-order valence-corrected chi connectivity index (χ3v) is 5.05. The average molecular weight is 392 g/mol. The Bertz CT molecular complexity index is 1100. The van der Waals surface area contributed by atoms with Gasteiger partial charge in [0.1, 0.15) is 12.4 Å². The fourth-order valence-electron chi connectivity index (χ4n) is 2.63. The van der Waals surface area contributed by atoms with Crippen LogP contribution < -0.4 is 10.1 Å². The van der Waals surface area contributed by atoms with Crippen molar-refractivity contribution in [3.05, 3.63) is 88.2 Å². The van der Waals surface area contributed by atoms with Gasteiger partial charge in [0.15, 0.2) is 5.13 Å². The van der Waals surface area contributed by atoms with E-state index in [1.54, 1.807) is 24.5 Å². The first kappa shape index (κ1) is 17.9. The van der Waals surface area contributed by atoms with E-state index in [1.165, 1.54) is 17.4 Å². The lowest BCUT2D eigenvalue weighted by Crippen LogP contribution is -1.99. The van der Waals surface area contributed by atoms with E-state index in [4.69, 9.17) is 4.74 Å². The lowest BCUT2D eigenvalue weighted by atomic mass is 10.2. The van der Waals surface area contributed by atoms with E-state index in [9.17, 15) is 10.1 Å². The molecule has 8 heteroatoms. The number of anilines is 1. The summed E-state index contributed by atoms with van der Waals surface area (Å²) in [5.41, 5.74) is 2.92. The summed E-state index contributed by atoms with van der Waals surface area (Å²) >= 11 is 1.40. The molecule has 0 unspecified atom stereocenters. The first-order valence-electron chi connectivity index (χ1n) is 8.57. The number of non-ortho nitro benzene ring substituents is 1. The van der Waals surface area contributed by atoms with Gasteiger partial charge < -0.3 is 10.1 Å². The molecular weight excluding hydrogens is 376 g/mol. The number of ether oxygens (including phenoxy) is 1. The van der Waals surface area contributed by atoms with Gasteiger partial charge in [-0.25, -0.2) is 4.98 Å². The van der Waals surface area contributed by atoms with E-state index in [-0.39, 0.29) is 5.69 Å². The van der Waals surface area contributed by atoms with Crippen molar-refractivity contribution in [3.8, 4) is 5.75 Å².